The molecule has 0 bridgehead atoms. The third-order valence-corrected chi connectivity index (χ3v) is 5.56. The van der Waals surface area contributed by atoms with Crippen LogP contribution in [0.5, 0.6) is 0 Å². The van der Waals surface area contributed by atoms with E-state index in [4.69, 9.17) is 0 Å². The second-order valence-electron chi connectivity index (χ2n) is 4.89. The highest BCUT2D eigenvalue weighted by Crippen LogP contribution is 2.24. The fourth-order valence-electron chi connectivity index (χ4n) is 2.34. The minimum atomic E-state index is -3.76. The Morgan fingerprint density at radius 1 is 1.30 bits per heavy atom. The molecule has 0 aliphatic carbocycles. The van der Waals surface area contributed by atoms with Crippen LogP contribution in [0.15, 0.2) is 23.1 Å². The maximum Gasteiger partial charge on any atom is 0.245 e. The van der Waals surface area contributed by atoms with E-state index < -0.39 is 15.8 Å². The maximum absolute atomic E-state index is 14.0. The molecule has 2 rings (SSSR count). The van der Waals surface area contributed by atoms with E-state index in [0.29, 0.717) is 5.56 Å². The molecule has 1 heterocycles. The lowest BCUT2D eigenvalue weighted by Crippen LogP contribution is -2.44. The van der Waals surface area contributed by atoms with E-state index in [-0.39, 0.29) is 23.3 Å². The number of sulfonamides is 1. The number of benzene rings is 1. The molecule has 1 aliphatic rings. The van der Waals surface area contributed by atoms with Crippen molar-refractivity contribution in [2.24, 2.45) is 0 Å². The Morgan fingerprint density at radius 2 is 1.90 bits per heavy atom. The lowest BCUT2D eigenvalue weighted by Gasteiger charge is -2.31. The van der Waals surface area contributed by atoms with Crippen molar-refractivity contribution in [3.8, 4) is 0 Å². The van der Waals surface area contributed by atoms with Crippen LogP contribution in [-0.4, -0.2) is 38.9 Å². The summed E-state index contributed by atoms with van der Waals surface area (Å²) in [4.78, 5) is -0.228. The zero-order valence-corrected chi connectivity index (χ0v) is 13.2. The molecular weight excluding hydrogens is 303 g/mol. The molecule has 0 spiro atoms. The summed E-state index contributed by atoms with van der Waals surface area (Å²) in [7, 11) is -2.23. The highest BCUT2D eigenvalue weighted by molar-refractivity contribution is 7.89. The average Bonchev–Trinajstić information content (AvgIpc) is 2.41. The van der Waals surface area contributed by atoms with Gasteiger partial charge in [-0.25, -0.2) is 12.8 Å². The number of hydrogen-bond donors (Lipinski definition) is 1. The number of rotatable bonds is 3. The van der Waals surface area contributed by atoms with Crippen molar-refractivity contribution in [2.45, 2.75) is 30.7 Å². The summed E-state index contributed by atoms with van der Waals surface area (Å²) in [5.41, 5.74) is 0.347. The fraction of sp³-hybridized carbons (Fsp3) is 0.538. The maximum atomic E-state index is 14.0. The largest absolute Gasteiger partial charge is 0.317 e. The first-order chi connectivity index (χ1) is 8.94. The Kier molecular flexibility index (Phi) is 5.94. The van der Waals surface area contributed by atoms with Crippen LogP contribution in [0.2, 0.25) is 0 Å². The van der Waals surface area contributed by atoms with Crippen LogP contribution < -0.4 is 5.32 Å². The topological polar surface area (TPSA) is 49.4 Å². The zero-order valence-electron chi connectivity index (χ0n) is 11.6. The Hall–Kier alpha value is -0.690. The van der Waals surface area contributed by atoms with Crippen LogP contribution in [-0.2, 0) is 10.0 Å². The van der Waals surface area contributed by atoms with Gasteiger partial charge in [0.05, 0.1) is 0 Å². The number of hydrogen-bond acceptors (Lipinski definition) is 3. The van der Waals surface area contributed by atoms with E-state index in [1.165, 1.54) is 17.4 Å². The van der Waals surface area contributed by atoms with Gasteiger partial charge in [0.25, 0.3) is 0 Å². The van der Waals surface area contributed by atoms with Crippen molar-refractivity contribution in [1.82, 2.24) is 9.62 Å². The van der Waals surface area contributed by atoms with Gasteiger partial charge in [0.2, 0.25) is 10.0 Å². The number of nitrogens with zero attached hydrogens (tertiary/aromatic N) is 1. The molecule has 1 fully saturated rings. The zero-order chi connectivity index (χ0) is 14.0. The monoisotopic (exact) mass is 322 g/mol. The van der Waals surface area contributed by atoms with Crippen molar-refractivity contribution in [3.63, 3.8) is 0 Å². The van der Waals surface area contributed by atoms with Gasteiger partial charge >= 0.3 is 0 Å². The normalized spacial score (nSPS) is 17.0. The van der Waals surface area contributed by atoms with E-state index in [1.54, 1.807) is 19.1 Å². The number of piperidine rings is 1. The van der Waals surface area contributed by atoms with Gasteiger partial charge in [-0.15, -0.1) is 12.4 Å². The first-order valence-corrected chi connectivity index (χ1v) is 7.82. The number of halogens is 2. The molecule has 4 nitrogen and oxygen atoms in total. The van der Waals surface area contributed by atoms with Crippen molar-refractivity contribution in [2.75, 3.05) is 20.1 Å². The molecule has 0 saturated carbocycles. The van der Waals surface area contributed by atoms with Crippen molar-refractivity contribution in [1.29, 1.82) is 0 Å². The summed E-state index contributed by atoms with van der Waals surface area (Å²) in [6.07, 6.45) is 1.51. The standard InChI is InChI=1S/C13H19FN2O2S.ClH/c1-10-4-3-5-12(13(10)14)19(17,18)16(2)11-6-8-15-9-7-11;/h3-5,11,15H,6-9H2,1-2H3;1H. The smallest absolute Gasteiger partial charge is 0.245 e. The van der Waals surface area contributed by atoms with Crippen LogP contribution in [0, 0.1) is 12.7 Å². The molecule has 0 aromatic heterocycles. The molecule has 1 saturated heterocycles. The minimum absolute atomic E-state index is 0. The summed E-state index contributed by atoms with van der Waals surface area (Å²) in [6, 6.07) is 4.40. The highest BCUT2D eigenvalue weighted by atomic mass is 35.5. The summed E-state index contributed by atoms with van der Waals surface area (Å²) in [5.74, 6) is -0.650. The summed E-state index contributed by atoms with van der Waals surface area (Å²) < 4.78 is 40.3. The van der Waals surface area contributed by atoms with Crippen molar-refractivity contribution < 1.29 is 12.8 Å². The lowest BCUT2D eigenvalue weighted by atomic mass is 10.1. The van der Waals surface area contributed by atoms with Crippen LogP contribution in [0.1, 0.15) is 18.4 Å². The Balaban J connectivity index is 0.00000200. The van der Waals surface area contributed by atoms with Crippen LogP contribution in [0.4, 0.5) is 4.39 Å². The summed E-state index contributed by atoms with van der Waals surface area (Å²) in [6.45, 7) is 3.15. The average molecular weight is 323 g/mol. The van der Waals surface area contributed by atoms with Gasteiger partial charge in [0, 0.05) is 13.1 Å². The second kappa shape index (κ2) is 6.85. The minimum Gasteiger partial charge on any atom is -0.317 e. The first kappa shape index (κ1) is 17.4. The molecule has 0 radical (unpaired) electrons. The summed E-state index contributed by atoms with van der Waals surface area (Å²) in [5, 5.41) is 3.19. The van der Waals surface area contributed by atoms with E-state index in [1.807, 2.05) is 0 Å². The fourth-order valence-corrected chi connectivity index (χ4v) is 3.89. The Labute approximate surface area is 125 Å². The van der Waals surface area contributed by atoms with Gasteiger partial charge in [-0.2, -0.15) is 4.31 Å². The Morgan fingerprint density at radius 3 is 2.50 bits per heavy atom. The second-order valence-corrected chi connectivity index (χ2v) is 6.86. The number of aryl methyl sites for hydroxylation is 1. The molecule has 1 aliphatic heterocycles. The predicted octanol–water partition coefficient (Wildman–Crippen LogP) is 1.93. The highest BCUT2D eigenvalue weighted by Gasteiger charge is 2.31. The predicted molar refractivity (Wildman–Crippen MR) is 79.2 cm³/mol. The summed E-state index contributed by atoms with van der Waals surface area (Å²) >= 11 is 0. The molecule has 114 valence electrons. The van der Waals surface area contributed by atoms with Gasteiger partial charge in [-0.3, -0.25) is 0 Å². The molecule has 0 amide bonds. The molecule has 0 atom stereocenters. The molecule has 1 N–H and O–H groups in total. The van der Waals surface area contributed by atoms with Gasteiger partial charge < -0.3 is 5.32 Å². The van der Waals surface area contributed by atoms with Gasteiger partial charge in [-0.1, -0.05) is 12.1 Å². The van der Waals surface area contributed by atoms with Gasteiger partial charge in [0.1, 0.15) is 10.7 Å². The third-order valence-electron chi connectivity index (χ3n) is 3.64. The molecule has 0 unspecified atom stereocenters. The molecular formula is C13H20ClFN2O2S. The van der Waals surface area contributed by atoms with E-state index in [2.05, 4.69) is 5.32 Å². The third kappa shape index (κ3) is 3.31. The molecule has 7 heteroatoms. The Bertz CT molecular complexity index is 559. The van der Waals surface area contributed by atoms with E-state index >= 15 is 0 Å². The van der Waals surface area contributed by atoms with Gasteiger partial charge in [-0.05, 0) is 44.5 Å². The van der Waals surface area contributed by atoms with Crippen molar-refractivity contribution in [3.05, 3.63) is 29.6 Å². The quantitative estimate of drug-likeness (QED) is 0.925. The van der Waals surface area contributed by atoms with Crippen LogP contribution in [0.25, 0.3) is 0 Å². The lowest BCUT2D eigenvalue weighted by molar-refractivity contribution is 0.295. The van der Waals surface area contributed by atoms with Crippen molar-refractivity contribution >= 4 is 22.4 Å². The van der Waals surface area contributed by atoms with E-state index in [0.717, 1.165) is 25.9 Å². The first-order valence-electron chi connectivity index (χ1n) is 6.38. The SMILES string of the molecule is Cc1cccc(S(=O)(=O)N(C)C2CCNCC2)c1F.Cl. The van der Waals surface area contributed by atoms with Crippen LogP contribution >= 0.6 is 12.4 Å². The molecule has 20 heavy (non-hydrogen) atoms. The van der Waals surface area contributed by atoms with E-state index in [9.17, 15) is 12.8 Å². The van der Waals surface area contributed by atoms with Crippen LogP contribution in [0.3, 0.4) is 0 Å². The van der Waals surface area contributed by atoms with Gasteiger partial charge in [0.15, 0.2) is 0 Å². The molecule has 1 aromatic carbocycles. The molecule has 1 aromatic rings. The number of nitrogens with one attached hydrogen (secondary N) is 1.